The maximum atomic E-state index is 12.6. The number of nitriles is 1. The van der Waals surface area contributed by atoms with Gasteiger partial charge in [0.15, 0.2) is 0 Å². The smallest absolute Gasteiger partial charge is 0.417 e. The number of aliphatic carboxylic acids is 1. The van der Waals surface area contributed by atoms with Crippen LogP contribution in [0, 0.1) is 11.3 Å². The minimum absolute atomic E-state index is 0.0797. The van der Waals surface area contributed by atoms with Crippen molar-refractivity contribution >= 4 is 21.9 Å². The Kier molecular flexibility index (Phi) is 3.78. The topological polar surface area (TPSA) is 61.1 Å². The number of halogens is 4. The molecule has 1 aromatic carbocycles. The third-order valence-electron chi connectivity index (χ3n) is 1.92. The highest BCUT2D eigenvalue weighted by Gasteiger charge is 2.34. The first-order valence-electron chi connectivity index (χ1n) is 4.27. The molecule has 0 aliphatic rings. The van der Waals surface area contributed by atoms with E-state index in [1.807, 2.05) is 0 Å². The van der Waals surface area contributed by atoms with Crippen molar-refractivity contribution in [3.8, 4) is 6.07 Å². The zero-order valence-corrected chi connectivity index (χ0v) is 9.76. The van der Waals surface area contributed by atoms with E-state index >= 15 is 0 Å². The number of carbonyl (C=O) groups is 1. The molecule has 0 bridgehead atoms. The molecule has 90 valence electrons. The molecule has 0 saturated heterocycles. The summed E-state index contributed by atoms with van der Waals surface area (Å²) in [6.07, 6.45) is -5.22. The third-order valence-corrected chi connectivity index (χ3v) is 2.86. The predicted molar refractivity (Wildman–Crippen MR) is 55.2 cm³/mol. The van der Waals surface area contributed by atoms with Gasteiger partial charge in [0.1, 0.15) is 0 Å². The first-order valence-corrected chi connectivity index (χ1v) is 5.06. The van der Waals surface area contributed by atoms with Gasteiger partial charge < -0.3 is 5.11 Å². The molecule has 0 amide bonds. The molecule has 0 aliphatic heterocycles. The molecule has 7 heteroatoms. The van der Waals surface area contributed by atoms with Crippen molar-refractivity contribution < 1.29 is 23.1 Å². The van der Waals surface area contributed by atoms with Crippen LogP contribution in [0.25, 0.3) is 0 Å². The zero-order valence-electron chi connectivity index (χ0n) is 8.18. The Morgan fingerprint density at radius 2 is 2.06 bits per heavy atom. The SMILES string of the molecule is N#Cc1cc(CC(=O)O)c(Br)c(C(F)(F)F)c1. The Hall–Kier alpha value is -1.55. The van der Waals surface area contributed by atoms with Gasteiger partial charge in [-0.25, -0.2) is 0 Å². The number of benzene rings is 1. The van der Waals surface area contributed by atoms with Crippen LogP contribution >= 0.6 is 15.9 Å². The second-order valence-corrected chi connectivity index (χ2v) is 3.97. The molecular weight excluding hydrogens is 303 g/mol. The summed E-state index contributed by atoms with van der Waals surface area (Å²) in [7, 11) is 0. The Morgan fingerprint density at radius 3 is 2.47 bits per heavy atom. The number of nitrogens with zero attached hydrogens (tertiary/aromatic N) is 1. The molecule has 0 fully saturated rings. The molecule has 0 radical (unpaired) electrons. The number of alkyl halides is 3. The van der Waals surface area contributed by atoms with E-state index in [2.05, 4.69) is 15.9 Å². The summed E-state index contributed by atoms with van der Waals surface area (Å²) >= 11 is 2.72. The highest BCUT2D eigenvalue weighted by molar-refractivity contribution is 9.10. The molecule has 3 nitrogen and oxygen atoms in total. The van der Waals surface area contributed by atoms with E-state index in [1.54, 1.807) is 6.07 Å². The highest BCUT2D eigenvalue weighted by Crippen LogP contribution is 2.37. The van der Waals surface area contributed by atoms with Crippen LogP contribution in [0.15, 0.2) is 16.6 Å². The lowest BCUT2D eigenvalue weighted by molar-refractivity contribution is -0.139. The van der Waals surface area contributed by atoms with Gasteiger partial charge in [-0.2, -0.15) is 18.4 Å². The second-order valence-electron chi connectivity index (χ2n) is 3.18. The average molecular weight is 308 g/mol. The quantitative estimate of drug-likeness (QED) is 0.913. The largest absolute Gasteiger partial charge is 0.481 e. The maximum Gasteiger partial charge on any atom is 0.417 e. The summed E-state index contributed by atoms with van der Waals surface area (Å²) in [4.78, 5) is 10.5. The first kappa shape index (κ1) is 13.5. The van der Waals surface area contributed by atoms with Gasteiger partial charge >= 0.3 is 12.1 Å². The fraction of sp³-hybridized carbons (Fsp3) is 0.200. The Balaban J connectivity index is 3.42. The van der Waals surface area contributed by atoms with Gasteiger partial charge in [-0.15, -0.1) is 0 Å². The molecule has 1 N–H and O–H groups in total. The summed E-state index contributed by atoms with van der Waals surface area (Å²) < 4.78 is 37.4. The van der Waals surface area contributed by atoms with Gasteiger partial charge in [-0.1, -0.05) is 0 Å². The van der Waals surface area contributed by atoms with Crippen molar-refractivity contribution in [1.82, 2.24) is 0 Å². The summed E-state index contributed by atoms with van der Waals surface area (Å²) in [6.45, 7) is 0. The molecule has 1 rings (SSSR count). The van der Waals surface area contributed by atoms with Crippen LogP contribution in [-0.2, 0) is 17.4 Å². The maximum absolute atomic E-state index is 12.6. The van der Waals surface area contributed by atoms with Gasteiger partial charge in [0.05, 0.1) is 23.6 Å². The molecule has 0 aromatic heterocycles. The van der Waals surface area contributed by atoms with Crippen LogP contribution in [0.4, 0.5) is 13.2 Å². The predicted octanol–water partition coefficient (Wildman–Crippen LogP) is 2.97. The number of carboxylic acid groups (broad SMARTS) is 1. The standard InChI is InChI=1S/C10H5BrF3NO2/c11-9-6(3-8(16)17)1-5(4-15)2-7(9)10(12,13)14/h1-2H,3H2,(H,16,17). The molecule has 0 heterocycles. The van der Waals surface area contributed by atoms with Crippen molar-refractivity contribution in [3.05, 3.63) is 33.3 Å². The Morgan fingerprint density at radius 1 is 1.47 bits per heavy atom. The molecule has 0 spiro atoms. The normalized spacial score (nSPS) is 11.0. The highest BCUT2D eigenvalue weighted by atomic mass is 79.9. The van der Waals surface area contributed by atoms with Crippen molar-refractivity contribution in [2.75, 3.05) is 0 Å². The van der Waals surface area contributed by atoms with E-state index in [4.69, 9.17) is 10.4 Å². The molecule has 0 saturated carbocycles. The third kappa shape index (κ3) is 3.20. The lowest BCUT2D eigenvalue weighted by Crippen LogP contribution is -2.10. The van der Waals surface area contributed by atoms with E-state index in [0.29, 0.717) is 6.07 Å². The van der Waals surface area contributed by atoms with Gasteiger partial charge in [0.25, 0.3) is 0 Å². The Bertz CT molecular complexity index is 505. The number of rotatable bonds is 2. The van der Waals surface area contributed by atoms with Crippen LogP contribution in [0.3, 0.4) is 0 Å². The summed E-state index contributed by atoms with van der Waals surface area (Å²) in [5, 5.41) is 17.2. The molecule has 0 aliphatic carbocycles. The minimum atomic E-state index is -4.64. The van der Waals surface area contributed by atoms with Crippen molar-refractivity contribution in [2.45, 2.75) is 12.6 Å². The van der Waals surface area contributed by atoms with Crippen molar-refractivity contribution in [2.24, 2.45) is 0 Å². The van der Waals surface area contributed by atoms with Gasteiger partial charge in [-0.05, 0) is 33.6 Å². The average Bonchev–Trinajstić information content (AvgIpc) is 2.18. The summed E-state index contributed by atoms with van der Waals surface area (Å²) in [6, 6.07) is 3.36. The van der Waals surface area contributed by atoms with Crippen molar-refractivity contribution in [1.29, 1.82) is 5.26 Å². The second kappa shape index (κ2) is 4.75. The van der Waals surface area contributed by atoms with E-state index < -0.39 is 24.1 Å². The van der Waals surface area contributed by atoms with Crippen LogP contribution in [-0.4, -0.2) is 11.1 Å². The number of hydrogen-bond donors (Lipinski definition) is 1. The lowest BCUT2D eigenvalue weighted by Gasteiger charge is -2.12. The lowest BCUT2D eigenvalue weighted by atomic mass is 10.0. The van der Waals surface area contributed by atoms with E-state index in [-0.39, 0.29) is 15.6 Å². The summed E-state index contributed by atoms with van der Waals surface area (Å²) in [5.41, 5.74) is -1.35. The van der Waals surface area contributed by atoms with Gasteiger partial charge in [0.2, 0.25) is 0 Å². The van der Waals surface area contributed by atoms with Crippen molar-refractivity contribution in [3.63, 3.8) is 0 Å². The van der Waals surface area contributed by atoms with Gasteiger partial charge in [-0.3, -0.25) is 4.79 Å². The summed E-state index contributed by atoms with van der Waals surface area (Å²) in [5.74, 6) is -1.27. The first-order chi connectivity index (χ1) is 7.75. The molecular formula is C10H5BrF3NO2. The fourth-order valence-corrected chi connectivity index (χ4v) is 1.84. The minimum Gasteiger partial charge on any atom is -0.481 e. The van der Waals surface area contributed by atoms with Crippen LogP contribution in [0.1, 0.15) is 16.7 Å². The number of hydrogen-bond acceptors (Lipinski definition) is 2. The molecule has 1 aromatic rings. The monoisotopic (exact) mass is 307 g/mol. The van der Waals surface area contributed by atoms with E-state index in [1.165, 1.54) is 0 Å². The van der Waals surface area contributed by atoms with Crippen LogP contribution in [0.2, 0.25) is 0 Å². The van der Waals surface area contributed by atoms with Crippen LogP contribution < -0.4 is 0 Å². The fourth-order valence-electron chi connectivity index (χ4n) is 1.25. The molecule has 0 unspecified atom stereocenters. The van der Waals surface area contributed by atoms with E-state index in [0.717, 1.165) is 6.07 Å². The van der Waals surface area contributed by atoms with Crippen LogP contribution in [0.5, 0.6) is 0 Å². The molecule has 0 atom stereocenters. The zero-order chi connectivity index (χ0) is 13.2. The number of carboxylic acids is 1. The molecule has 17 heavy (non-hydrogen) atoms. The Labute approximate surface area is 103 Å². The van der Waals surface area contributed by atoms with E-state index in [9.17, 15) is 18.0 Å². The van der Waals surface area contributed by atoms with Gasteiger partial charge in [0, 0.05) is 4.47 Å².